The topological polar surface area (TPSA) is 35.5 Å². The van der Waals surface area contributed by atoms with Crippen molar-refractivity contribution >= 4 is 54.0 Å². The molecular weight excluding hydrogens is 377 g/mol. The van der Waals surface area contributed by atoms with Gasteiger partial charge in [-0.05, 0) is 19.3 Å². The largest absolute Gasteiger partial charge is 0.330 e. The highest BCUT2D eigenvalue weighted by Crippen LogP contribution is 2.49. The van der Waals surface area contributed by atoms with Gasteiger partial charge in [0.15, 0.2) is 0 Å². The van der Waals surface area contributed by atoms with Crippen LogP contribution < -0.4 is 0 Å². The Labute approximate surface area is 149 Å². The Balaban J connectivity index is 0. The smallest absolute Gasteiger partial charge is 0.309 e. The van der Waals surface area contributed by atoms with E-state index in [0.29, 0.717) is 19.4 Å². The van der Waals surface area contributed by atoms with Gasteiger partial charge in [-0.1, -0.05) is 86.4 Å². The van der Waals surface area contributed by atoms with Crippen LogP contribution in [0.4, 0.5) is 0 Å². The van der Waals surface area contributed by atoms with E-state index in [2.05, 4.69) is 20.8 Å². The summed E-state index contributed by atoms with van der Waals surface area (Å²) >= 11 is 19.3. The standard InChI is InChI=1S/C12H27O3P.CCl4/c1-4-7-10-14-16(13,12-9-6-3)15-11-8-5-2;2-1(3,4)5/h4-12H2,1-3H3;. The summed E-state index contributed by atoms with van der Waals surface area (Å²) in [5.74, 6) is 0. The highest BCUT2D eigenvalue weighted by molar-refractivity contribution is 7.53. The van der Waals surface area contributed by atoms with Crippen LogP contribution >= 0.6 is 54.0 Å². The number of unbranched alkanes of at least 4 members (excludes halogenated alkanes) is 3. The third-order valence-corrected chi connectivity index (χ3v) is 4.37. The molecule has 3 nitrogen and oxygen atoms in total. The van der Waals surface area contributed by atoms with E-state index in [1.807, 2.05) is 0 Å². The van der Waals surface area contributed by atoms with Crippen LogP contribution in [0.1, 0.15) is 59.3 Å². The van der Waals surface area contributed by atoms with Gasteiger partial charge in [0.05, 0.1) is 19.4 Å². The Morgan fingerprint density at radius 2 is 1.14 bits per heavy atom. The predicted octanol–water partition coefficient (Wildman–Crippen LogP) is 7.17. The summed E-state index contributed by atoms with van der Waals surface area (Å²) in [6.45, 7) is 7.40. The Morgan fingerprint density at radius 3 is 1.43 bits per heavy atom. The molecule has 0 fully saturated rings. The highest BCUT2D eigenvalue weighted by atomic mass is 35.6. The highest BCUT2D eigenvalue weighted by Gasteiger charge is 2.23. The average molecular weight is 404 g/mol. The van der Waals surface area contributed by atoms with Crippen LogP contribution in [-0.2, 0) is 13.6 Å². The fourth-order valence-corrected chi connectivity index (χ4v) is 3.06. The third-order valence-electron chi connectivity index (χ3n) is 2.36. The maximum Gasteiger partial charge on any atom is 0.330 e. The monoisotopic (exact) mass is 402 g/mol. The molecule has 0 aliphatic rings. The van der Waals surface area contributed by atoms with Crippen LogP contribution in [0.3, 0.4) is 0 Å². The zero-order chi connectivity index (χ0) is 16.8. The van der Waals surface area contributed by atoms with E-state index in [-0.39, 0.29) is 0 Å². The van der Waals surface area contributed by atoms with Gasteiger partial charge in [-0.2, -0.15) is 0 Å². The molecule has 0 N–H and O–H groups in total. The molecule has 0 radical (unpaired) electrons. The molecule has 0 heterocycles. The van der Waals surface area contributed by atoms with Crippen LogP contribution in [0.2, 0.25) is 0 Å². The Morgan fingerprint density at radius 1 is 0.810 bits per heavy atom. The lowest BCUT2D eigenvalue weighted by atomic mass is 10.4. The minimum absolute atomic E-state index is 0.559. The summed E-state index contributed by atoms with van der Waals surface area (Å²) in [6.07, 6.45) is 6.52. The number of halogens is 4. The second-order valence-electron chi connectivity index (χ2n) is 4.49. The molecule has 0 rings (SSSR count). The van der Waals surface area contributed by atoms with Crippen LogP contribution in [-0.4, -0.2) is 22.6 Å². The van der Waals surface area contributed by atoms with Crippen LogP contribution in [0.5, 0.6) is 0 Å². The molecule has 0 saturated heterocycles. The molecule has 0 atom stereocenters. The van der Waals surface area contributed by atoms with Gasteiger partial charge in [-0.3, -0.25) is 4.57 Å². The van der Waals surface area contributed by atoms with Crippen LogP contribution in [0.25, 0.3) is 0 Å². The second-order valence-corrected chi connectivity index (χ2v) is 10.1. The minimum atomic E-state index is -2.80. The molecule has 130 valence electrons. The van der Waals surface area contributed by atoms with Gasteiger partial charge in [0.25, 0.3) is 3.25 Å². The number of hydrogen-bond acceptors (Lipinski definition) is 3. The normalized spacial score (nSPS) is 12.0. The van der Waals surface area contributed by atoms with E-state index in [1.54, 1.807) is 0 Å². The molecule has 0 aromatic heterocycles. The molecular formula is C13H27Cl4O3P. The maximum absolute atomic E-state index is 12.3. The van der Waals surface area contributed by atoms with Gasteiger partial charge in [-0.15, -0.1) is 0 Å². The quantitative estimate of drug-likeness (QED) is 0.208. The molecule has 8 heteroatoms. The van der Waals surface area contributed by atoms with Gasteiger partial charge in [0.1, 0.15) is 0 Å². The van der Waals surface area contributed by atoms with E-state index in [9.17, 15) is 4.57 Å². The lowest BCUT2D eigenvalue weighted by Crippen LogP contribution is -2.03. The molecule has 0 spiro atoms. The SMILES string of the molecule is CCCCOP(=O)(CCCC)OCCCC.ClC(Cl)(Cl)Cl. The molecule has 0 aromatic rings. The van der Waals surface area contributed by atoms with Gasteiger partial charge >= 0.3 is 7.60 Å². The lowest BCUT2D eigenvalue weighted by Gasteiger charge is -2.18. The Kier molecular flexibility index (Phi) is 17.4. The van der Waals surface area contributed by atoms with E-state index in [0.717, 1.165) is 38.5 Å². The molecule has 0 unspecified atom stereocenters. The lowest BCUT2D eigenvalue weighted by molar-refractivity contribution is 0.199. The van der Waals surface area contributed by atoms with Crippen molar-refractivity contribution in [1.29, 1.82) is 0 Å². The molecule has 0 aliphatic carbocycles. The molecule has 0 saturated carbocycles. The molecule has 0 aromatic carbocycles. The van der Waals surface area contributed by atoms with Crippen LogP contribution in [0, 0.1) is 0 Å². The summed E-state index contributed by atoms with van der Waals surface area (Å²) in [7, 11) is -2.80. The van der Waals surface area contributed by atoms with Gasteiger partial charge in [-0.25, -0.2) is 0 Å². The Bertz CT molecular complexity index is 253. The first-order valence-corrected chi connectivity index (χ1v) is 10.6. The van der Waals surface area contributed by atoms with Gasteiger partial charge in [0.2, 0.25) is 0 Å². The van der Waals surface area contributed by atoms with E-state index in [4.69, 9.17) is 55.5 Å². The summed E-state index contributed by atoms with van der Waals surface area (Å²) in [4.78, 5) is 0. The van der Waals surface area contributed by atoms with Crippen molar-refractivity contribution < 1.29 is 13.6 Å². The molecule has 0 amide bonds. The van der Waals surface area contributed by atoms with Crippen molar-refractivity contribution in [2.75, 3.05) is 19.4 Å². The van der Waals surface area contributed by atoms with Crippen molar-refractivity contribution in [2.24, 2.45) is 0 Å². The first-order chi connectivity index (χ1) is 9.68. The van der Waals surface area contributed by atoms with E-state index < -0.39 is 10.8 Å². The zero-order valence-electron chi connectivity index (χ0n) is 13.0. The maximum atomic E-state index is 12.3. The number of rotatable bonds is 11. The van der Waals surface area contributed by atoms with Crippen LogP contribution in [0.15, 0.2) is 0 Å². The fourth-order valence-electron chi connectivity index (χ4n) is 1.21. The first-order valence-electron chi connectivity index (χ1n) is 7.32. The number of hydrogen-bond donors (Lipinski definition) is 0. The predicted molar refractivity (Wildman–Crippen MR) is 95.2 cm³/mol. The summed E-state index contributed by atoms with van der Waals surface area (Å²) in [6, 6.07) is 0. The summed E-state index contributed by atoms with van der Waals surface area (Å²) in [5, 5.41) is 0. The van der Waals surface area contributed by atoms with Gasteiger partial charge < -0.3 is 9.05 Å². The summed E-state index contributed by atoms with van der Waals surface area (Å²) < 4.78 is 21.6. The zero-order valence-corrected chi connectivity index (χ0v) is 17.0. The van der Waals surface area contributed by atoms with Crippen molar-refractivity contribution in [1.82, 2.24) is 0 Å². The molecule has 0 aliphatic heterocycles. The average Bonchev–Trinajstić information content (AvgIpc) is 2.35. The molecule has 0 bridgehead atoms. The number of alkyl halides is 4. The summed E-state index contributed by atoms with van der Waals surface area (Å²) in [5.41, 5.74) is 0. The minimum Gasteiger partial charge on any atom is -0.309 e. The van der Waals surface area contributed by atoms with Crippen molar-refractivity contribution in [2.45, 2.75) is 62.5 Å². The van der Waals surface area contributed by atoms with E-state index >= 15 is 0 Å². The fraction of sp³-hybridized carbons (Fsp3) is 1.00. The second kappa shape index (κ2) is 14.9. The third kappa shape index (κ3) is 23.7. The first kappa shape index (κ1) is 24.6. The van der Waals surface area contributed by atoms with Crippen molar-refractivity contribution in [3.63, 3.8) is 0 Å². The Hall–Kier alpha value is 1.31. The van der Waals surface area contributed by atoms with Gasteiger partial charge in [0, 0.05) is 0 Å². The molecule has 21 heavy (non-hydrogen) atoms. The van der Waals surface area contributed by atoms with Crippen molar-refractivity contribution in [3.05, 3.63) is 0 Å². The van der Waals surface area contributed by atoms with Crippen molar-refractivity contribution in [3.8, 4) is 0 Å². The van der Waals surface area contributed by atoms with E-state index in [1.165, 1.54) is 0 Å².